The first-order valence-corrected chi connectivity index (χ1v) is 6.56. The number of phenols is 2. The third-order valence-corrected chi connectivity index (χ3v) is 3.13. The lowest BCUT2D eigenvalue weighted by molar-refractivity contribution is -0.111. The van der Waals surface area contributed by atoms with Gasteiger partial charge in [0.15, 0.2) is 11.5 Å². The van der Waals surface area contributed by atoms with Crippen molar-refractivity contribution in [1.29, 1.82) is 0 Å². The second-order valence-corrected chi connectivity index (χ2v) is 4.74. The van der Waals surface area contributed by atoms with Gasteiger partial charge in [0.1, 0.15) is 0 Å². The van der Waals surface area contributed by atoms with E-state index in [0.29, 0.717) is 11.3 Å². The number of fused-ring (bicyclic) bond motifs is 1. The standard InChI is InChI=1S/C16H13N3O3/c20-14-5-1-10(7-15(14)21)2-6-16(22)18-12-3-4-13-11(8-12)9-17-19-13/h1-9,20-21H,(H,17,19)(H,18,22). The number of hydrogen-bond donors (Lipinski definition) is 4. The lowest BCUT2D eigenvalue weighted by Gasteiger charge is -2.02. The average molecular weight is 295 g/mol. The Morgan fingerprint density at radius 2 is 2.00 bits per heavy atom. The third-order valence-electron chi connectivity index (χ3n) is 3.13. The first-order chi connectivity index (χ1) is 10.6. The Bertz CT molecular complexity index is 868. The number of anilines is 1. The number of benzene rings is 2. The summed E-state index contributed by atoms with van der Waals surface area (Å²) in [4.78, 5) is 11.9. The third kappa shape index (κ3) is 2.90. The SMILES string of the molecule is O=C(C=Cc1ccc(O)c(O)c1)Nc1ccc2[nH]ncc2c1. The summed E-state index contributed by atoms with van der Waals surface area (Å²) in [5.41, 5.74) is 2.17. The van der Waals surface area contributed by atoms with Gasteiger partial charge >= 0.3 is 0 Å². The van der Waals surface area contributed by atoms with E-state index in [-0.39, 0.29) is 17.4 Å². The molecule has 0 fully saturated rings. The zero-order chi connectivity index (χ0) is 15.5. The lowest BCUT2D eigenvalue weighted by Crippen LogP contribution is -2.07. The molecule has 22 heavy (non-hydrogen) atoms. The van der Waals surface area contributed by atoms with Crippen LogP contribution in [0, 0.1) is 0 Å². The summed E-state index contributed by atoms with van der Waals surface area (Å²) < 4.78 is 0. The molecule has 1 amide bonds. The van der Waals surface area contributed by atoms with Crippen molar-refractivity contribution in [3.8, 4) is 11.5 Å². The predicted molar refractivity (Wildman–Crippen MR) is 83.5 cm³/mol. The van der Waals surface area contributed by atoms with Crippen molar-refractivity contribution in [2.75, 3.05) is 5.32 Å². The lowest BCUT2D eigenvalue weighted by atomic mass is 10.2. The van der Waals surface area contributed by atoms with Crippen LogP contribution < -0.4 is 5.32 Å². The maximum absolute atomic E-state index is 11.9. The van der Waals surface area contributed by atoms with Crippen molar-refractivity contribution in [2.45, 2.75) is 0 Å². The number of amides is 1. The highest BCUT2D eigenvalue weighted by molar-refractivity contribution is 6.02. The number of rotatable bonds is 3. The Balaban J connectivity index is 1.71. The van der Waals surface area contributed by atoms with E-state index >= 15 is 0 Å². The van der Waals surface area contributed by atoms with Crippen molar-refractivity contribution in [3.05, 3.63) is 54.2 Å². The molecule has 0 spiro atoms. The molecule has 1 heterocycles. The monoisotopic (exact) mass is 295 g/mol. The molecule has 0 aliphatic carbocycles. The van der Waals surface area contributed by atoms with Crippen LogP contribution in [0.1, 0.15) is 5.56 Å². The van der Waals surface area contributed by atoms with Crippen LogP contribution in [0.25, 0.3) is 17.0 Å². The maximum Gasteiger partial charge on any atom is 0.248 e. The molecule has 0 atom stereocenters. The summed E-state index contributed by atoms with van der Waals surface area (Å²) in [5, 5.41) is 29.0. The number of nitrogens with zero attached hydrogens (tertiary/aromatic N) is 1. The molecule has 110 valence electrons. The number of carbonyl (C=O) groups excluding carboxylic acids is 1. The second-order valence-electron chi connectivity index (χ2n) is 4.74. The molecule has 0 bridgehead atoms. The second kappa shape index (κ2) is 5.61. The van der Waals surface area contributed by atoms with E-state index in [1.165, 1.54) is 18.2 Å². The molecule has 3 aromatic rings. The fourth-order valence-electron chi connectivity index (χ4n) is 2.02. The topological polar surface area (TPSA) is 98.2 Å². The molecule has 4 N–H and O–H groups in total. The van der Waals surface area contributed by atoms with Gasteiger partial charge in [0.05, 0.1) is 11.7 Å². The quantitative estimate of drug-likeness (QED) is 0.441. The molecule has 2 aromatic carbocycles. The number of hydrogen-bond acceptors (Lipinski definition) is 4. The Hall–Kier alpha value is -3.28. The minimum Gasteiger partial charge on any atom is -0.504 e. The minimum atomic E-state index is -0.296. The van der Waals surface area contributed by atoms with E-state index in [1.54, 1.807) is 24.4 Å². The zero-order valence-corrected chi connectivity index (χ0v) is 11.4. The van der Waals surface area contributed by atoms with Crippen LogP contribution in [0.2, 0.25) is 0 Å². The summed E-state index contributed by atoms with van der Waals surface area (Å²) in [6, 6.07) is 9.75. The molecule has 3 rings (SSSR count). The summed E-state index contributed by atoms with van der Waals surface area (Å²) in [7, 11) is 0. The minimum absolute atomic E-state index is 0.199. The molecular formula is C16H13N3O3. The van der Waals surface area contributed by atoms with E-state index in [0.717, 1.165) is 10.9 Å². The van der Waals surface area contributed by atoms with Crippen molar-refractivity contribution >= 4 is 28.6 Å². The normalized spacial score (nSPS) is 11.1. The number of carbonyl (C=O) groups is 1. The maximum atomic E-state index is 11.9. The molecule has 1 aromatic heterocycles. The molecule has 6 nitrogen and oxygen atoms in total. The fourth-order valence-corrected chi connectivity index (χ4v) is 2.02. The van der Waals surface area contributed by atoms with Crippen LogP contribution in [0.15, 0.2) is 48.7 Å². The van der Waals surface area contributed by atoms with Gasteiger partial charge in [-0.3, -0.25) is 9.89 Å². The van der Waals surface area contributed by atoms with E-state index in [2.05, 4.69) is 15.5 Å². The number of aromatic amines is 1. The Morgan fingerprint density at radius 1 is 1.14 bits per heavy atom. The molecule has 6 heteroatoms. The van der Waals surface area contributed by atoms with Crippen molar-refractivity contribution < 1.29 is 15.0 Å². The average Bonchev–Trinajstić information content (AvgIpc) is 2.96. The molecule has 0 saturated heterocycles. The van der Waals surface area contributed by atoms with Crippen molar-refractivity contribution in [2.24, 2.45) is 0 Å². The van der Waals surface area contributed by atoms with E-state index in [1.807, 2.05) is 12.1 Å². The highest BCUT2D eigenvalue weighted by Crippen LogP contribution is 2.25. The first-order valence-electron chi connectivity index (χ1n) is 6.56. The van der Waals surface area contributed by atoms with Gasteiger partial charge in [-0.1, -0.05) is 6.07 Å². The van der Waals surface area contributed by atoms with Crippen LogP contribution in [0.5, 0.6) is 11.5 Å². The number of phenolic OH excluding ortho intramolecular Hbond substituents is 2. The van der Waals surface area contributed by atoms with Gasteiger partial charge in [0, 0.05) is 17.1 Å². The van der Waals surface area contributed by atoms with Gasteiger partial charge < -0.3 is 15.5 Å². The molecule has 0 aliphatic heterocycles. The summed E-state index contributed by atoms with van der Waals surface area (Å²) in [6.45, 7) is 0. The van der Waals surface area contributed by atoms with Gasteiger partial charge in [-0.15, -0.1) is 0 Å². The summed E-state index contributed by atoms with van der Waals surface area (Å²) >= 11 is 0. The summed E-state index contributed by atoms with van der Waals surface area (Å²) in [5.74, 6) is -0.724. The van der Waals surface area contributed by atoms with E-state index < -0.39 is 0 Å². The fraction of sp³-hybridized carbons (Fsp3) is 0. The van der Waals surface area contributed by atoms with Gasteiger partial charge in [-0.05, 0) is 42.0 Å². The molecule has 0 radical (unpaired) electrons. The van der Waals surface area contributed by atoms with E-state index in [4.69, 9.17) is 0 Å². The number of aromatic hydroxyl groups is 2. The van der Waals surface area contributed by atoms with Crippen molar-refractivity contribution in [3.63, 3.8) is 0 Å². The van der Waals surface area contributed by atoms with Gasteiger partial charge in [0.25, 0.3) is 0 Å². The molecule has 0 unspecified atom stereocenters. The molecule has 0 aliphatic rings. The Kier molecular flexibility index (Phi) is 3.49. The largest absolute Gasteiger partial charge is 0.504 e. The number of aromatic nitrogens is 2. The highest BCUT2D eigenvalue weighted by Gasteiger charge is 2.02. The van der Waals surface area contributed by atoms with Gasteiger partial charge in [0.2, 0.25) is 5.91 Å². The number of H-pyrrole nitrogens is 1. The van der Waals surface area contributed by atoms with Crippen molar-refractivity contribution in [1.82, 2.24) is 10.2 Å². The number of nitrogens with one attached hydrogen (secondary N) is 2. The Morgan fingerprint density at radius 3 is 2.82 bits per heavy atom. The summed E-state index contributed by atoms with van der Waals surface area (Å²) in [6.07, 6.45) is 4.58. The zero-order valence-electron chi connectivity index (χ0n) is 11.4. The Labute approximate surface area is 125 Å². The van der Waals surface area contributed by atoms with Crippen LogP contribution in [0.4, 0.5) is 5.69 Å². The van der Waals surface area contributed by atoms with Crippen LogP contribution in [-0.4, -0.2) is 26.3 Å². The van der Waals surface area contributed by atoms with Crippen LogP contribution in [-0.2, 0) is 4.79 Å². The molecular weight excluding hydrogens is 282 g/mol. The van der Waals surface area contributed by atoms with Gasteiger partial charge in [-0.25, -0.2) is 0 Å². The van der Waals surface area contributed by atoms with Crippen LogP contribution in [0.3, 0.4) is 0 Å². The molecule has 0 saturated carbocycles. The first kappa shape index (κ1) is 13.7. The van der Waals surface area contributed by atoms with Crippen LogP contribution >= 0.6 is 0 Å². The van der Waals surface area contributed by atoms with E-state index in [9.17, 15) is 15.0 Å². The van der Waals surface area contributed by atoms with Gasteiger partial charge in [-0.2, -0.15) is 5.10 Å². The predicted octanol–water partition coefficient (Wildman–Crippen LogP) is 2.63. The highest BCUT2D eigenvalue weighted by atomic mass is 16.3. The smallest absolute Gasteiger partial charge is 0.248 e.